The minimum Gasteiger partial charge on any atom is -0.490 e. The van der Waals surface area contributed by atoms with Gasteiger partial charge in [-0.3, -0.25) is 4.79 Å². The van der Waals surface area contributed by atoms with Crippen LogP contribution in [-0.2, 0) is 11.2 Å². The van der Waals surface area contributed by atoms with Crippen LogP contribution < -0.4 is 14.8 Å². The van der Waals surface area contributed by atoms with E-state index in [2.05, 4.69) is 21.2 Å². The van der Waals surface area contributed by atoms with Gasteiger partial charge >= 0.3 is 0 Å². The molecule has 1 heterocycles. The Hall–Kier alpha value is -0.980. The highest BCUT2D eigenvalue weighted by Gasteiger charge is 2.28. The van der Waals surface area contributed by atoms with E-state index >= 15 is 0 Å². The number of likely N-dealkylation sites (N-methyl/N-ethyl adjacent to an activating group) is 1. The van der Waals surface area contributed by atoms with Crippen molar-refractivity contribution in [3.63, 3.8) is 0 Å². The van der Waals surface area contributed by atoms with Crippen molar-refractivity contribution in [2.75, 3.05) is 33.4 Å². The predicted octanol–water partition coefficient (Wildman–Crippen LogP) is 3.42. The van der Waals surface area contributed by atoms with Crippen molar-refractivity contribution in [3.05, 3.63) is 22.2 Å². The molecule has 1 amide bonds. The molecule has 1 fully saturated rings. The fourth-order valence-corrected chi connectivity index (χ4v) is 3.59. The van der Waals surface area contributed by atoms with E-state index in [9.17, 15) is 4.79 Å². The number of rotatable bonds is 8. The van der Waals surface area contributed by atoms with E-state index in [1.807, 2.05) is 37.9 Å². The molecule has 5 nitrogen and oxygen atoms in total. The summed E-state index contributed by atoms with van der Waals surface area (Å²) in [7, 11) is 1.93. The Morgan fingerprint density at radius 1 is 1.28 bits per heavy atom. The van der Waals surface area contributed by atoms with Crippen LogP contribution in [0.15, 0.2) is 16.6 Å². The standard InChI is InChI=1S/C18H27BrN2O3.ClH/c1-4-23-16-9-13(15(19)11-17(16)24-5-2)10-18(22)21-8-6-7-14(21)12-20-3;/h9,11,14,20H,4-8,10,12H2,1-3H3;1H. The number of nitrogens with one attached hydrogen (secondary N) is 1. The Labute approximate surface area is 165 Å². The molecule has 7 heteroatoms. The second-order valence-electron chi connectivity index (χ2n) is 5.87. The van der Waals surface area contributed by atoms with Gasteiger partial charge in [-0.25, -0.2) is 0 Å². The van der Waals surface area contributed by atoms with Gasteiger partial charge in [0.1, 0.15) is 0 Å². The molecule has 1 aliphatic heterocycles. The summed E-state index contributed by atoms with van der Waals surface area (Å²) >= 11 is 3.57. The first kappa shape index (κ1) is 22.1. The van der Waals surface area contributed by atoms with Crippen molar-refractivity contribution in [2.24, 2.45) is 0 Å². The van der Waals surface area contributed by atoms with E-state index < -0.39 is 0 Å². The summed E-state index contributed by atoms with van der Waals surface area (Å²) in [6.45, 7) is 6.71. The third-order valence-corrected chi connectivity index (χ3v) is 4.93. The number of carbonyl (C=O) groups excluding carboxylic acids is 1. The average Bonchev–Trinajstić information content (AvgIpc) is 3.01. The van der Waals surface area contributed by atoms with Gasteiger partial charge < -0.3 is 19.7 Å². The quantitative estimate of drug-likeness (QED) is 0.680. The molecule has 25 heavy (non-hydrogen) atoms. The van der Waals surface area contributed by atoms with Crippen molar-refractivity contribution in [2.45, 2.75) is 39.2 Å². The molecule has 1 aromatic carbocycles. The lowest BCUT2D eigenvalue weighted by molar-refractivity contribution is -0.131. The number of benzene rings is 1. The number of nitrogens with zero attached hydrogens (tertiary/aromatic N) is 1. The number of ether oxygens (including phenoxy) is 2. The van der Waals surface area contributed by atoms with Crippen LogP contribution in [-0.4, -0.2) is 50.2 Å². The molecule has 0 saturated carbocycles. The van der Waals surface area contributed by atoms with E-state index in [4.69, 9.17) is 9.47 Å². The van der Waals surface area contributed by atoms with Crippen LogP contribution in [0.2, 0.25) is 0 Å². The van der Waals surface area contributed by atoms with E-state index in [0.717, 1.165) is 36.0 Å². The summed E-state index contributed by atoms with van der Waals surface area (Å²) in [6.07, 6.45) is 2.52. The van der Waals surface area contributed by atoms with E-state index in [0.29, 0.717) is 37.2 Å². The maximum absolute atomic E-state index is 12.7. The lowest BCUT2D eigenvalue weighted by atomic mass is 10.1. The van der Waals surface area contributed by atoms with Gasteiger partial charge in [0.25, 0.3) is 0 Å². The van der Waals surface area contributed by atoms with Crippen LogP contribution in [0.5, 0.6) is 11.5 Å². The molecule has 1 saturated heterocycles. The number of amides is 1. The number of halogens is 2. The van der Waals surface area contributed by atoms with Crippen molar-refractivity contribution >= 4 is 34.2 Å². The van der Waals surface area contributed by atoms with Crippen LogP contribution in [0.25, 0.3) is 0 Å². The lowest BCUT2D eigenvalue weighted by Crippen LogP contribution is -2.41. The van der Waals surface area contributed by atoms with Crippen LogP contribution in [0.4, 0.5) is 0 Å². The Kier molecular flexibility index (Phi) is 9.61. The summed E-state index contributed by atoms with van der Waals surface area (Å²) in [4.78, 5) is 14.7. The molecule has 0 aromatic heterocycles. The number of likely N-dealkylation sites (tertiary alicyclic amines) is 1. The Balaban J connectivity index is 0.00000312. The third-order valence-electron chi connectivity index (χ3n) is 4.19. The van der Waals surface area contributed by atoms with Gasteiger partial charge in [0, 0.05) is 23.6 Å². The molecule has 0 aliphatic carbocycles. The van der Waals surface area contributed by atoms with Crippen LogP contribution in [0.1, 0.15) is 32.3 Å². The van der Waals surface area contributed by atoms with E-state index in [1.165, 1.54) is 0 Å². The number of hydrogen-bond donors (Lipinski definition) is 1. The SMILES string of the molecule is CCOc1cc(Br)c(CC(=O)N2CCCC2CNC)cc1OCC.Cl. The highest BCUT2D eigenvalue weighted by atomic mass is 79.9. The van der Waals surface area contributed by atoms with Gasteiger partial charge in [0.15, 0.2) is 11.5 Å². The smallest absolute Gasteiger partial charge is 0.227 e. The first-order valence-corrected chi connectivity index (χ1v) is 9.42. The highest BCUT2D eigenvalue weighted by Crippen LogP contribution is 2.34. The third kappa shape index (κ3) is 5.76. The largest absolute Gasteiger partial charge is 0.490 e. The zero-order valence-electron chi connectivity index (χ0n) is 15.1. The average molecular weight is 436 g/mol. The van der Waals surface area contributed by atoms with Gasteiger partial charge in [0.2, 0.25) is 5.91 Å². The topological polar surface area (TPSA) is 50.8 Å². The van der Waals surface area contributed by atoms with E-state index in [1.54, 1.807) is 0 Å². The summed E-state index contributed by atoms with van der Waals surface area (Å²) in [5.41, 5.74) is 0.932. The molecule has 1 unspecified atom stereocenters. The maximum atomic E-state index is 12.7. The molecule has 0 radical (unpaired) electrons. The normalized spacial score (nSPS) is 16.5. The van der Waals surface area contributed by atoms with Crippen molar-refractivity contribution < 1.29 is 14.3 Å². The Morgan fingerprint density at radius 2 is 1.92 bits per heavy atom. The fraction of sp³-hybridized carbons (Fsp3) is 0.611. The fourth-order valence-electron chi connectivity index (χ4n) is 3.13. The Bertz CT molecular complexity index is 571. The minimum atomic E-state index is 0. The molecule has 1 aliphatic rings. The molecule has 0 spiro atoms. The van der Waals surface area contributed by atoms with Crippen LogP contribution in [0.3, 0.4) is 0 Å². The molecular weight excluding hydrogens is 408 g/mol. The van der Waals surface area contributed by atoms with Crippen LogP contribution in [0, 0.1) is 0 Å². The Morgan fingerprint density at radius 3 is 2.52 bits per heavy atom. The molecule has 0 bridgehead atoms. The zero-order valence-corrected chi connectivity index (χ0v) is 17.5. The van der Waals surface area contributed by atoms with Gasteiger partial charge in [-0.05, 0) is 51.4 Å². The predicted molar refractivity (Wildman–Crippen MR) is 106 cm³/mol. The molecule has 1 atom stereocenters. The minimum absolute atomic E-state index is 0. The van der Waals surface area contributed by atoms with Gasteiger partial charge in [-0.2, -0.15) is 0 Å². The number of carbonyl (C=O) groups is 1. The van der Waals surface area contributed by atoms with E-state index in [-0.39, 0.29) is 18.3 Å². The van der Waals surface area contributed by atoms with Crippen molar-refractivity contribution in [3.8, 4) is 11.5 Å². The molecule has 1 aromatic rings. The monoisotopic (exact) mass is 434 g/mol. The first-order valence-electron chi connectivity index (χ1n) is 8.62. The summed E-state index contributed by atoms with van der Waals surface area (Å²) in [5, 5.41) is 3.18. The molecule has 1 N–H and O–H groups in total. The lowest BCUT2D eigenvalue weighted by Gasteiger charge is -2.25. The highest BCUT2D eigenvalue weighted by molar-refractivity contribution is 9.10. The molecular formula is C18H28BrClN2O3. The first-order chi connectivity index (χ1) is 11.6. The summed E-state index contributed by atoms with van der Waals surface area (Å²) in [5.74, 6) is 1.57. The number of hydrogen-bond acceptors (Lipinski definition) is 4. The van der Waals surface area contributed by atoms with Crippen molar-refractivity contribution in [1.29, 1.82) is 0 Å². The summed E-state index contributed by atoms with van der Waals surface area (Å²) < 4.78 is 12.2. The second-order valence-corrected chi connectivity index (χ2v) is 6.73. The van der Waals surface area contributed by atoms with Gasteiger partial charge in [0.05, 0.1) is 19.6 Å². The van der Waals surface area contributed by atoms with Gasteiger partial charge in [-0.15, -0.1) is 12.4 Å². The molecule has 2 rings (SSSR count). The maximum Gasteiger partial charge on any atom is 0.227 e. The van der Waals surface area contributed by atoms with Crippen molar-refractivity contribution in [1.82, 2.24) is 10.2 Å². The van der Waals surface area contributed by atoms with Crippen LogP contribution >= 0.6 is 28.3 Å². The molecule has 142 valence electrons. The second kappa shape index (κ2) is 10.9. The zero-order chi connectivity index (χ0) is 17.5. The van der Waals surface area contributed by atoms with Gasteiger partial charge in [-0.1, -0.05) is 15.9 Å². The summed E-state index contributed by atoms with van der Waals surface area (Å²) in [6, 6.07) is 4.11.